The van der Waals surface area contributed by atoms with Gasteiger partial charge in [0.25, 0.3) is 0 Å². The average Bonchev–Trinajstić information content (AvgIpc) is 2.46. The molecule has 1 atom stereocenters. The summed E-state index contributed by atoms with van der Waals surface area (Å²) >= 11 is 0. The lowest BCUT2D eigenvalue weighted by molar-refractivity contribution is 0.0285. The molecule has 22 heavy (non-hydrogen) atoms. The average molecular weight is 299 g/mol. The van der Waals surface area contributed by atoms with Crippen LogP contribution in [-0.2, 0) is 4.74 Å². The second-order valence-electron chi connectivity index (χ2n) is 6.11. The van der Waals surface area contributed by atoms with Gasteiger partial charge in [0.15, 0.2) is 0 Å². The zero-order valence-electron chi connectivity index (χ0n) is 13.4. The van der Waals surface area contributed by atoms with Crippen LogP contribution in [0.1, 0.15) is 32.3 Å². The van der Waals surface area contributed by atoms with E-state index in [1.54, 1.807) is 27.8 Å². The molecular formula is C17H21N3O2. The van der Waals surface area contributed by atoms with Gasteiger partial charge in [-0.15, -0.1) is 0 Å². The van der Waals surface area contributed by atoms with Gasteiger partial charge >= 0.3 is 6.09 Å². The molecule has 5 heteroatoms. The summed E-state index contributed by atoms with van der Waals surface area (Å²) in [6.45, 7) is 5.62. The Morgan fingerprint density at radius 1 is 1.23 bits per heavy atom. The van der Waals surface area contributed by atoms with E-state index >= 15 is 0 Å². The van der Waals surface area contributed by atoms with Gasteiger partial charge in [0.2, 0.25) is 0 Å². The molecule has 1 aromatic rings. The first-order valence-corrected chi connectivity index (χ1v) is 7.06. The van der Waals surface area contributed by atoms with Crippen LogP contribution in [0.15, 0.2) is 30.3 Å². The molecule has 0 radical (unpaired) electrons. The van der Waals surface area contributed by atoms with Crippen LogP contribution in [0, 0.1) is 28.6 Å². The minimum Gasteiger partial charge on any atom is -0.444 e. The molecular weight excluding hydrogens is 278 g/mol. The molecule has 0 heterocycles. The molecule has 0 aromatic heterocycles. The molecule has 5 nitrogen and oxygen atoms in total. The number of benzene rings is 1. The molecule has 0 saturated carbocycles. The molecule has 0 aliphatic heterocycles. The fraction of sp³-hybridized carbons (Fsp3) is 0.471. The topological polar surface area (TPSA) is 77.1 Å². The lowest BCUT2D eigenvalue weighted by atomic mass is 9.87. The van der Waals surface area contributed by atoms with Crippen molar-refractivity contribution < 1.29 is 9.53 Å². The van der Waals surface area contributed by atoms with Gasteiger partial charge in [0.1, 0.15) is 11.5 Å². The van der Waals surface area contributed by atoms with E-state index in [1.807, 2.05) is 42.5 Å². The molecule has 0 aliphatic rings. The Hall–Kier alpha value is -2.53. The highest BCUT2D eigenvalue weighted by molar-refractivity contribution is 5.67. The molecule has 0 saturated heterocycles. The summed E-state index contributed by atoms with van der Waals surface area (Å²) < 4.78 is 5.30. The second kappa shape index (κ2) is 7.47. The first-order valence-electron chi connectivity index (χ1n) is 7.06. The molecule has 0 N–H and O–H groups in total. The molecule has 1 rings (SSSR count). The molecule has 1 aromatic carbocycles. The highest BCUT2D eigenvalue weighted by Gasteiger charge is 2.28. The van der Waals surface area contributed by atoms with Gasteiger partial charge in [0.05, 0.1) is 12.1 Å². The van der Waals surface area contributed by atoms with Gasteiger partial charge in [-0.25, -0.2) is 4.79 Å². The predicted octanol–water partition coefficient (Wildman–Crippen LogP) is 3.30. The number of ether oxygens (including phenoxy) is 1. The first-order chi connectivity index (χ1) is 10.3. The number of nitriles is 2. The Kier molecular flexibility index (Phi) is 5.95. The van der Waals surface area contributed by atoms with Gasteiger partial charge in [-0.2, -0.15) is 10.5 Å². The number of hydrogen-bond donors (Lipinski definition) is 0. The van der Waals surface area contributed by atoms with E-state index in [1.165, 1.54) is 4.90 Å². The van der Waals surface area contributed by atoms with Crippen LogP contribution >= 0.6 is 0 Å². The van der Waals surface area contributed by atoms with E-state index in [0.717, 1.165) is 5.56 Å². The third-order valence-electron chi connectivity index (χ3n) is 3.08. The van der Waals surface area contributed by atoms with Crippen LogP contribution in [0.25, 0.3) is 0 Å². The smallest absolute Gasteiger partial charge is 0.410 e. The summed E-state index contributed by atoms with van der Waals surface area (Å²) in [5, 5.41) is 18.4. The van der Waals surface area contributed by atoms with Crippen molar-refractivity contribution in [1.82, 2.24) is 4.90 Å². The van der Waals surface area contributed by atoms with E-state index < -0.39 is 17.6 Å². The number of likely N-dealkylation sites (N-methyl/N-ethyl adjacent to an activating group) is 1. The lowest BCUT2D eigenvalue weighted by Crippen LogP contribution is -2.37. The monoisotopic (exact) mass is 299 g/mol. The van der Waals surface area contributed by atoms with Crippen LogP contribution in [0.3, 0.4) is 0 Å². The molecule has 1 amide bonds. The Morgan fingerprint density at radius 3 is 2.23 bits per heavy atom. The van der Waals surface area contributed by atoms with Gasteiger partial charge in [0, 0.05) is 19.5 Å². The summed E-state index contributed by atoms with van der Waals surface area (Å²) in [7, 11) is 1.61. The lowest BCUT2D eigenvalue weighted by Gasteiger charge is -2.28. The maximum atomic E-state index is 12.1. The van der Waals surface area contributed by atoms with Crippen molar-refractivity contribution in [2.75, 3.05) is 13.6 Å². The Labute approximate surface area is 131 Å². The zero-order chi connectivity index (χ0) is 16.8. The van der Waals surface area contributed by atoms with E-state index in [4.69, 9.17) is 4.74 Å². The van der Waals surface area contributed by atoms with Crippen molar-refractivity contribution in [3.05, 3.63) is 35.9 Å². The summed E-state index contributed by atoms with van der Waals surface area (Å²) in [4.78, 5) is 13.5. The number of rotatable bonds is 4. The van der Waals surface area contributed by atoms with Crippen LogP contribution in [0.2, 0.25) is 0 Å². The fourth-order valence-electron chi connectivity index (χ4n) is 2.02. The number of hydrogen-bond acceptors (Lipinski definition) is 4. The number of amides is 1. The number of carbonyl (C=O) groups is 1. The van der Waals surface area contributed by atoms with Crippen molar-refractivity contribution in [2.24, 2.45) is 5.92 Å². The van der Waals surface area contributed by atoms with Crippen LogP contribution < -0.4 is 0 Å². The minimum atomic E-state index is -0.827. The van der Waals surface area contributed by atoms with Crippen LogP contribution in [0.5, 0.6) is 0 Å². The summed E-state index contributed by atoms with van der Waals surface area (Å²) in [6, 6.07) is 13.3. The van der Waals surface area contributed by atoms with Gasteiger partial charge in [-0.05, 0) is 26.3 Å². The normalized spacial score (nSPS) is 12.1. The maximum absolute atomic E-state index is 12.1. The van der Waals surface area contributed by atoms with E-state index in [2.05, 4.69) is 0 Å². The molecule has 0 bridgehead atoms. The highest BCUT2D eigenvalue weighted by atomic mass is 16.6. The molecule has 0 aliphatic carbocycles. The van der Waals surface area contributed by atoms with Crippen molar-refractivity contribution >= 4 is 6.09 Å². The van der Waals surface area contributed by atoms with Crippen molar-refractivity contribution in [2.45, 2.75) is 32.3 Å². The minimum absolute atomic E-state index is 0.241. The standard InChI is InChI=1S/C17H21N3O2/c1-17(2,3)22-16(21)20(4)12-15(14(10-18)11-19)13-8-6-5-7-9-13/h5-9,14-15H,12H2,1-4H3. The zero-order valence-corrected chi connectivity index (χ0v) is 13.4. The van der Waals surface area contributed by atoms with E-state index in [9.17, 15) is 15.3 Å². The summed E-state index contributed by atoms with van der Waals surface area (Å²) in [6.07, 6.45) is -0.469. The maximum Gasteiger partial charge on any atom is 0.410 e. The highest BCUT2D eigenvalue weighted by Crippen LogP contribution is 2.25. The summed E-state index contributed by atoms with van der Waals surface area (Å²) in [5.74, 6) is -1.21. The van der Waals surface area contributed by atoms with Gasteiger partial charge in [-0.3, -0.25) is 0 Å². The second-order valence-corrected chi connectivity index (χ2v) is 6.11. The third kappa shape index (κ3) is 5.10. The van der Waals surface area contributed by atoms with Gasteiger partial charge < -0.3 is 9.64 Å². The Balaban J connectivity index is 2.93. The van der Waals surface area contributed by atoms with Crippen molar-refractivity contribution in [1.29, 1.82) is 10.5 Å². The number of nitrogens with zero attached hydrogens (tertiary/aromatic N) is 3. The van der Waals surface area contributed by atoms with Crippen LogP contribution in [-0.4, -0.2) is 30.2 Å². The predicted molar refractivity (Wildman–Crippen MR) is 82.8 cm³/mol. The SMILES string of the molecule is CN(CC(c1ccccc1)C(C#N)C#N)C(=O)OC(C)(C)C. The van der Waals surface area contributed by atoms with E-state index in [0.29, 0.717) is 0 Å². The fourth-order valence-corrected chi connectivity index (χ4v) is 2.02. The third-order valence-corrected chi connectivity index (χ3v) is 3.08. The van der Waals surface area contributed by atoms with Crippen LogP contribution in [0.4, 0.5) is 4.79 Å². The number of carbonyl (C=O) groups excluding carboxylic acids is 1. The first kappa shape index (κ1) is 17.5. The summed E-state index contributed by atoms with van der Waals surface area (Å²) in [5.41, 5.74) is 0.267. The largest absolute Gasteiger partial charge is 0.444 e. The molecule has 1 unspecified atom stereocenters. The quantitative estimate of drug-likeness (QED) is 0.854. The van der Waals surface area contributed by atoms with Crippen molar-refractivity contribution in [3.63, 3.8) is 0 Å². The van der Waals surface area contributed by atoms with Crippen molar-refractivity contribution in [3.8, 4) is 12.1 Å². The Morgan fingerprint density at radius 2 is 1.77 bits per heavy atom. The molecule has 0 fully saturated rings. The molecule has 0 spiro atoms. The van der Waals surface area contributed by atoms with E-state index in [-0.39, 0.29) is 12.5 Å². The van der Waals surface area contributed by atoms with Gasteiger partial charge in [-0.1, -0.05) is 30.3 Å². The molecule has 116 valence electrons. The Bertz CT molecular complexity index is 565.